The van der Waals surface area contributed by atoms with Crippen molar-refractivity contribution in [1.82, 2.24) is 14.8 Å². The van der Waals surface area contributed by atoms with Crippen molar-refractivity contribution < 1.29 is 9.59 Å². The molecule has 1 aliphatic heterocycles. The number of aromatic amines is 1. The number of piperazine rings is 1. The minimum absolute atomic E-state index is 0.0190. The summed E-state index contributed by atoms with van der Waals surface area (Å²) in [5, 5.41) is 0.994. The summed E-state index contributed by atoms with van der Waals surface area (Å²) in [6, 6.07) is 29.4. The molecule has 1 fully saturated rings. The highest BCUT2D eigenvalue weighted by atomic mass is 16.2. The molecule has 166 valence electrons. The summed E-state index contributed by atoms with van der Waals surface area (Å²) in [7, 11) is 0. The summed E-state index contributed by atoms with van der Waals surface area (Å²) in [6.45, 7) is 1.72. The molecule has 2 amide bonds. The summed E-state index contributed by atoms with van der Waals surface area (Å²) in [5.74, 6) is -0.103. The van der Waals surface area contributed by atoms with Crippen LogP contribution < -0.4 is 0 Å². The van der Waals surface area contributed by atoms with Crippen LogP contribution in [0.15, 0.2) is 91.0 Å². The molecule has 0 saturated carbocycles. The average molecular weight is 438 g/mol. The van der Waals surface area contributed by atoms with E-state index >= 15 is 0 Å². The van der Waals surface area contributed by atoms with E-state index in [0.717, 1.165) is 22.9 Å². The predicted octanol–water partition coefficient (Wildman–Crippen LogP) is 4.31. The molecule has 3 aromatic carbocycles. The van der Waals surface area contributed by atoms with Gasteiger partial charge in [-0.3, -0.25) is 9.59 Å². The van der Waals surface area contributed by atoms with Gasteiger partial charge in [0.2, 0.25) is 5.91 Å². The fourth-order valence-corrected chi connectivity index (χ4v) is 4.59. The number of para-hydroxylation sites is 1. The van der Waals surface area contributed by atoms with Crippen molar-refractivity contribution in [2.75, 3.05) is 19.6 Å². The molecule has 1 aromatic heterocycles. The maximum Gasteiger partial charge on any atom is 0.271 e. The summed E-state index contributed by atoms with van der Waals surface area (Å²) in [4.78, 5) is 34.0. The van der Waals surface area contributed by atoms with E-state index in [0.29, 0.717) is 31.7 Å². The highest BCUT2D eigenvalue weighted by Crippen LogP contribution is 2.22. The normalized spacial score (nSPS) is 16.4. The number of nitrogens with zero attached hydrogens (tertiary/aromatic N) is 2. The van der Waals surface area contributed by atoms with E-state index in [2.05, 4.69) is 17.1 Å². The van der Waals surface area contributed by atoms with Crippen LogP contribution in [0.4, 0.5) is 0 Å². The number of carbonyl (C=O) groups is 2. The van der Waals surface area contributed by atoms with Crippen LogP contribution in [0.1, 0.15) is 21.6 Å². The van der Waals surface area contributed by atoms with Crippen molar-refractivity contribution in [3.63, 3.8) is 0 Å². The fraction of sp³-hybridized carbons (Fsp3) is 0.214. The van der Waals surface area contributed by atoms with Crippen LogP contribution in [0, 0.1) is 0 Å². The Morgan fingerprint density at radius 2 is 1.52 bits per heavy atom. The second-order valence-corrected chi connectivity index (χ2v) is 8.54. The first-order chi connectivity index (χ1) is 16.2. The van der Waals surface area contributed by atoms with Crippen LogP contribution in [-0.4, -0.2) is 52.3 Å². The van der Waals surface area contributed by atoms with Crippen LogP contribution in [0.25, 0.3) is 10.9 Å². The van der Waals surface area contributed by atoms with Gasteiger partial charge in [0.05, 0.1) is 0 Å². The monoisotopic (exact) mass is 437 g/mol. The highest BCUT2D eigenvalue weighted by Gasteiger charge is 2.38. The second kappa shape index (κ2) is 9.33. The van der Waals surface area contributed by atoms with Gasteiger partial charge < -0.3 is 14.8 Å². The van der Waals surface area contributed by atoms with Gasteiger partial charge in [-0.15, -0.1) is 0 Å². The van der Waals surface area contributed by atoms with Crippen LogP contribution in [0.3, 0.4) is 0 Å². The molecule has 0 aliphatic carbocycles. The van der Waals surface area contributed by atoms with Gasteiger partial charge in [-0.2, -0.15) is 0 Å². The summed E-state index contributed by atoms with van der Waals surface area (Å²) < 4.78 is 0. The molecule has 5 rings (SSSR count). The lowest BCUT2D eigenvalue weighted by molar-refractivity contribution is -0.140. The highest BCUT2D eigenvalue weighted by molar-refractivity contribution is 6.00. The summed E-state index contributed by atoms with van der Waals surface area (Å²) in [6.07, 6.45) is 1.31. The van der Waals surface area contributed by atoms with Crippen molar-refractivity contribution >= 4 is 22.7 Å². The van der Waals surface area contributed by atoms with Crippen LogP contribution >= 0.6 is 0 Å². The minimum atomic E-state index is -0.518. The lowest BCUT2D eigenvalue weighted by Gasteiger charge is -2.40. The summed E-state index contributed by atoms with van der Waals surface area (Å²) in [5.41, 5.74) is 3.71. The predicted molar refractivity (Wildman–Crippen MR) is 130 cm³/mol. The van der Waals surface area contributed by atoms with Crippen molar-refractivity contribution in [2.45, 2.75) is 18.9 Å². The van der Waals surface area contributed by atoms with Gasteiger partial charge in [0, 0.05) is 37.0 Å². The molecule has 1 atom stereocenters. The Hall–Kier alpha value is -3.86. The van der Waals surface area contributed by atoms with E-state index in [1.807, 2.05) is 83.8 Å². The minimum Gasteiger partial charge on any atom is -0.351 e. The summed E-state index contributed by atoms with van der Waals surface area (Å²) >= 11 is 0. The Morgan fingerprint density at radius 1 is 0.848 bits per heavy atom. The lowest BCUT2D eigenvalue weighted by atomic mass is 10.00. The van der Waals surface area contributed by atoms with Crippen molar-refractivity contribution in [3.8, 4) is 0 Å². The maximum atomic E-state index is 13.6. The first-order valence-corrected chi connectivity index (χ1v) is 11.4. The van der Waals surface area contributed by atoms with Crippen LogP contribution in [0.5, 0.6) is 0 Å². The number of carbonyl (C=O) groups excluding carboxylic acids is 2. The Kier molecular flexibility index (Phi) is 5.94. The SMILES string of the molecule is O=C1[C@H](Cc2ccccc2)N(C(=O)c2cc3ccccc3[nH]2)CCN1CCc1ccccc1. The Labute approximate surface area is 193 Å². The standard InChI is InChI=1S/C28H27N3O2/c32-27(25-20-23-13-7-8-14-24(23)29-25)31-18-17-30(16-15-21-9-3-1-4-10-21)28(33)26(31)19-22-11-5-2-6-12-22/h1-14,20,26,29H,15-19H2/t26-/m0/s1. The molecule has 0 unspecified atom stereocenters. The second-order valence-electron chi connectivity index (χ2n) is 8.54. The number of amides is 2. The zero-order chi connectivity index (χ0) is 22.6. The van der Waals surface area contributed by atoms with E-state index in [-0.39, 0.29) is 11.8 Å². The lowest BCUT2D eigenvalue weighted by Crippen LogP contribution is -2.59. The third kappa shape index (κ3) is 4.53. The van der Waals surface area contributed by atoms with E-state index in [1.165, 1.54) is 5.56 Å². The van der Waals surface area contributed by atoms with Gasteiger partial charge in [0.25, 0.3) is 5.91 Å². The number of hydrogen-bond donors (Lipinski definition) is 1. The van der Waals surface area contributed by atoms with E-state index in [9.17, 15) is 9.59 Å². The number of nitrogens with one attached hydrogen (secondary N) is 1. The molecule has 4 aromatic rings. The molecule has 0 spiro atoms. The largest absolute Gasteiger partial charge is 0.351 e. The molecule has 1 aliphatic rings. The van der Waals surface area contributed by atoms with Crippen molar-refractivity contribution in [3.05, 3.63) is 108 Å². The molecular weight excluding hydrogens is 410 g/mol. The molecule has 5 heteroatoms. The van der Waals surface area contributed by atoms with Crippen LogP contribution in [0.2, 0.25) is 0 Å². The Bertz CT molecular complexity index is 1220. The van der Waals surface area contributed by atoms with E-state index in [1.54, 1.807) is 4.90 Å². The smallest absolute Gasteiger partial charge is 0.271 e. The van der Waals surface area contributed by atoms with Gasteiger partial charge in [0.15, 0.2) is 0 Å². The topological polar surface area (TPSA) is 56.4 Å². The molecule has 5 nitrogen and oxygen atoms in total. The first kappa shape index (κ1) is 21.0. The van der Waals surface area contributed by atoms with Gasteiger partial charge >= 0.3 is 0 Å². The van der Waals surface area contributed by atoms with Gasteiger partial charge in [-0.25, -0.2) is 0 Å². The average Bonchev–Trinajstić information content (AvgIpc) is 3.30. The molecule has 1 saturated heterocycles. The van der Waals surface area contributed by atoms with Crippen molar-refractivity contribution in [2.24, 2.45) is 0 Å². The number of fused-ring (bicyclic) bond motifs is 1. The molecule has 0 radical (unpaired) electrons. The third-order valence-electron chi connectivity index (χ3n) is 6.39. The van der Waals surface area contributed by atoms with Crippen molar-refractivity contribution in [1.29, 1.82) is 0 Å². The Balaban J connectivity index is 1.39. The molecule has 2 heterocycles. The first-order valence-electron chi connectivity index (χ1n) is 11.4. The van der Waals surface area contributed by atoms with Gasteiger partial charge in [0.1, 0.15) is 11.7 Å². The quantitative estimate of drug-likeness (QED) is 0.489. The molecule has 0 bridgehead atoms. The number of hydrogen-bond acceptors (Lipinski definition) is 2. The molecular formula is C28H27N3O2. The number of rotatable bonds is 6. The van der Waals surface area contributed by atoms with Gasteiger partial charge in [-0.1, -0.05) is 78.9 Å². The van der Waals surface area contributed by atoms with Crippen LogP contribution in [-0.2, 0) is 17.6 Å². The number of benzene rings is 3. The van der Waals surface area contributed by atoms with E-state index < -0.39 is 6.04 Å². The zero-order valence-corrected chi connectivity index (χ0v) is 18.5. The number of aromatic nitrogens is 1. The Morgan fingerprint density at radius 3 is 2.24 bits per heavy atom. The number of H-pyrrole nitrogens is 1. The van der Waals surface area contributed by atoms with E-state index in [4.69, 9.17) is 0 Å². The fourth-order valence-electron chi connectivity index (χ4n) is 4.59. The maximum absolute atomic E-state index is 13.6. The molecule has 1 N–H and O–H groups in total. The third-order valence-corrected chi connectivity index (χ3v) is 6.39. The zero-order valence-electron chi connectivity index (χ0n) is 18.5. The van der Waals surface area contributed by atoms with Gasteiger partial charge in [-0.05, 0) is 29.7 Å². The molecule has 33 heavy (non-hydrogen) atoms.